The minimum absolute atomic E-state index is 0.0815. The summed E-state index contributed by atoms with van der Waals surface area (Å²) in [5, 5.41) is 31.7. The second-order valence-corrected chi connectivity index (χ2v) is 6.84. The maximum atomic E-state index is 12.0. The lowest BCUT2D eigenvalue weighted by molar-refractivity contribution is -0.385. The van der Waals surface area contributed by atoms with Crippen molar-refractivity contribution in [2.75, 3.05) is 10.6 Å². The number of nitrogens with zero attached hydrogens (tertiary/aromatic N) is 3. The van der Waals surface area contributed by atoms with Crippen molar-refractivity contribution >= 4 is 34.8 Å². The van der Waals surface area contributed by atoms with E-state index >= 15 is 0 Å². The van der Waals surface area contributed by atoms with E-state index in [1.807, 2.05) is 0 Å². The minimum atomic E-state index is -0.531. The summed E-state index contributed by atoms with van der Waals surface area (Å²) in [6.07, 6.45) is 0. The van der Waals surface area contributed by atoms with Gasteiger partial charge in [-0.1, -0.05) is 6.07 Å². The molecule has 1 heterocycles. The number of carbonyl (C=O) groups excluding carboxylic acids is 2. The molecule has 0 fully saturated rings. The van der Waals surface area contributed by atoms with Crippen molar-refractivity contribution in [1.82, 2.24) is 15.6 Å². The highest BCUT2D eigenvalue weighted by Gasteiger charge is 2.08. The van der Waals surface area contributed by atoms with Gasteiger partial charge in [-0.05, 0) is 36.4 Å². The largest absolute Gasteiger partial charge is 0.332 e. The van der Waals surface area contributed by atoms with Crippen LogP contribution in [-0.2, 0) is 13.1 Å². The number of nitro benzene ring substituents is 2. The Kier molecular flexibility index (Phi) is 7.63. The van der Waals surface area contributed by atoms with Crippen molar-refractivity contribution in [1.29, 1.82) is 0 Å². The van der Waals surface area contributed by atoms with Crippen molar-refractivity contribution < 1.29 is 19.4 Å². The Morgan fingerprint density at radius 3 is 1.41 bits per heavy atom. The van der Waals surface area contributed by atoms with Crippen LogP contribution in [0.2, 0.25) is 0 Å². The Hall–Kier alpha value is -5.07. The second-order valence-electron chi connectivity index (χ2n) is 6.84. The minimum Gasteiger partial charge on any atom is -0.332 e. The molecule has 4 amide bonds. The number of nitro groups is 2. The van der Waals surface area contributed by atoms with Crippen LogP contribution in [0, 0.1) is 20.2 Å². The molecule has 0 spiro atoms. The lowest BCUT2D eigenvalue weighted by atomic mass is 10.3. The molecular weight excluding hydrogens is 446 g/mol. The van der Waals surface area contributed by atoms with Crippen molar-refractivity contribution in [3.8, 4) is 0 Å². The van der Waals surface area contributed by atoms with Gasteiger partial charge in [0.15, 0.2) is 0 Å². The number of benzene rings is 2. The van der Waals surface area contributed by atoms with E-state index in [1.54, 1.807) is 18.2 Å². The molecule has 34 heavy (non-hydrogen) atoms. The van der Waals surface area contributed by atoms with Crippen LogP contribution in [0.3, 0.4) is 0 Å². The van der Waals surface area contributed by atoms with E-state index in [0.29, 0.717) is 22.8 Å². The average Bonchev–Trinajstić information content (AvgIpc) is 2.82. The van der Waals surface area contributed by atoms with Crippen molar-refractivity contribution in [2.45, 2.75) is 13.1 Å². The van der Waals surface area contributed by atoms with Crippen LogP contribution in [0.5, 0.6) is 0 Å². The molecule has 0 saturated carbocycles. The van der Waals surface area contributed by atoms with Crippen LogP contribution < -0.4 is 21.3 Å². The summed E-state index contributed by atoms with van der Waals surface area (Å²) in [5.74, 6) is 0. The number of carbonyl (C=O) groups is 2. The molecule has 0 radical (unpaired) electrons. The zero-order valence-corrected chi connectivity index (χ0v) is 17.6. The van der Waals surface area contributed by atoms with Gasteiger partial charge in [0.25, 0.3) is 11.4 Å². The summed E-state index contributed by atoms with van der Waals surface area (Å²) in [6.45, 7) is 0.225. The van der Waals surface area contributed by atoms with E-state index < -0.39 is 21.9 Å². The Morgan fingerprint density at radius 1 is 0.676 bits per heavy atom. The fourth-order valence-corrected chi connectivity index (χ4v) is 2.75. The van der Waals surface area contributed by atoms with Gasteiger partial charge in [0.2, 0.25) is 0 Å². The molecule has 1 aromatic heterocycles. The summed E-state index contributed by atoms with van der Waals surface area (Å²) < 4.78 is 0. The van der Waals surface area contributed by atoms with Gasteiger partial charge >= 0.3 is 12.1 Å². The zero-order chi connectivity index (χ0) is 24.5. The topological polar surface area (TPSA) is 181 Å². The highest BCUT2D eigenvalue weighted by molar-refractivity contribution is 5.89. The van der Waals surface area contributed by atoms with Gasteiger partial charge in [0, 0.05) is 35.6 Å². The van der Waals surface area contributed by atoms with Crippen LogP contribution in [0.4, 0.5) is 32.3 Å². The van der Waals surface area contributed by atoms with Crippen LogP contribution in [-0.4, -0.2) is 26.9 Å². The molecule has 0 bridgehead atoms. The molecule has 13 heteroatoms. The number of rotatable bonds is 8. The third kappa shape index (κ3) is 6.98. The smallest absolute Gasteiger partial charge is 0.319 e. The van der Waals surface area contributed by atoms with Gasteiger partial charge in [-0.25, -0.2) is 9.59 Å². The number of pyridine rings is 1. The highest BCUT2D eigenvalue weighted by atomic mass is 16.6. The van der Waals surface area contributed by atoms with Crippen molar-refractivity contribution in [3.05, 3.63) is 98.3 Å². The molecule has 3 rings (SSSR count). The highest BCUT2D eigenvalue weighted by Crippen LogP contribution is 2.16. The third-order valence-electron chi connectivity index (χ3n) is 4.40. The molecule has 0 unspecified atom stereocenters. The van der Waals surface area contributed by atoms with Gasteiger partial charge in [0.1, 0.15) is 0 Å². The predicted octanol–water partition coefficient (Wildman–Crippen LogP) is 3.54. The van der Waals surface area contributed by atoms with Gasteiger partial charge in [0.05, 0.1) is 34.3 Å². The van der Waals surface area contributed by atoms with Gasteiger partial charge in [-0.3, -0.25) is 25.2 Å². The fraction of sp³-hybridized carbons (Fsp3) is 0.0952. The van der Waals surface area contributed by atoms with Gasteiger partial charge in [-0.2, -0.15) is 0 Å². The molecule has 4 N–H and O–H groups in total. The van der Waals surface area contributed by atoms with Crippen molar-refractivity contribution in [3.63, 3.8) is 0 Å². The molecule has 13 nitrogen and oxygen atoms in total. The van der Waals surface area contributed by atoms with Crippen LogP contribution in [0.25, 0.3) is 0 Å². The zero-order valence-electron chi connectivity index (χ0n) is 17.6. The molecule has 174 valence electrons. The lowest BCUT2D eigenvalue weighted by Gasteiger charge is -2.10. The fourth-order valence-electron chi connectivity index (χ4n) is 2.75. The lowest BCUT2D eigenvalue weighted by Crippen LogP contribution is -2.29. The van der Waals surface area contributed by atoms with E-state index in [2.05, 4.69) is 26.3 Å². The number of anilines is 2. The van der Waals surface area contributed by atoms with Gasteiger partial charge in [-0.15, -0.1) is 0 Å². The average molecular weight is 465 g/mol. The van der Waals surface area contributed by atoms with E-state index in [-0.39, 0.29) is 24.5 Å². The van der Waals surface area contributed by atoms with E-state index in [4.69, 9.17) is 0 Å². The SMILES string of the molecule is O=C(NCc1cccc(CNC(=O)Nc2ccc([N+](=O)[O-])cc2)n1)Nc1ccc([N+](=O)[O-])cc1. The molecule has 0 aliphatic rings. The number of aromatic nitrogens is 1. The monoisotopic (exact) mass is 465 g/mol. The summed E-state index contributed by atoms with van der Waals surface area (Å²) >= 11 is 0. The summed E-state index contributed by atoms with van der Waals surface area (Å²) in [7, 11) is 0. The Balaban J connectivity index is 1.45. The number of nitrogens with one attached hydrogen (secondary N) is 4. The standard InChI is InChI=1S/C21H19N7O6/c29-20(25-14-4-8-18(9-5-14)27(31)32)22-12-16-2-1-3-17(24-16)13-23-21(30)26-15-6-10-19(11-7-15)28(33)34/h1-11H,12-13H2,(H2,22,25,29)(H2,23,26,30). The molecule has 3 aromatic rings. The number of hydrogen-bond acceptors (Lipinski definition) is 7. The maximum Gasteiger partial charge on any atom is 0.319 e. The number of hydrogen-bond donors (Lipinski definition) is 4. The van der Waals surface area contributed by atoms with E-state index in [1.165, 1.54) is 48.5 Å². The first-order chi connectivity index (χ1) is 16.3. The van der Waals surface area contributed by atoms with Crippen LogP contribution in [0.15, 0.2) is 66.7 Å². The molecule has 0 aliphatic carbocycles. The van der Waals surface area contributed by atoms with Crippen LogP contribution >= 0.6 is 0 Å². The predicted molar refractivity (Wildman–Crippen MR) is 122 cm³/mol. The summed E-state index contributed by atoms with van der Waals surface area (Å²) in [5.41, 5.74) is 1.73. The molecule has 0 aliphatic heterocycles. The number of urea groups is 2. The maximum absolute atomic E-state index is 12.0. The third-order valence-corrected chi connectivity index (χ3v) is 4.40. The summed E-state index contributed by atoms with van der Waals surface area (Å²) in [6, 6.07) is 14.9. The van der Waals surface area contributed by atoms with E-state index in [0.717, 1.165) is 0 Å². The molecule has 0 atom stereocenters. The number of amides is 4. The normalized spacial score (nSPS) is 10.1. The molecule has 2 aromatic carbocycles. The van der Waals surface area contributed by atoms with E-state index in [9.17, 15) is 29.8 Å². The van der Waals surface area contributed by atoms with Crippen LogP contribution in [0.1, 0.15) is 11.4 Å². The Bertz CT molecular complexity index is 1110. The van der Waals surface area contributed by atoms with Gasteiger partial charge < -0.3 is 21.3 Å². The molecular formula is C21H19N7O6. The Morgan fingerprint density at radius 2 is 1.06 bits per heavy atom. The first-order valence-electron chi connectivity index (χ1n) is 9.83. The van der Waals surface area contributed by atoms with Crippen molar-refractivity contribution in [2.24, 2.45) is 0 Å². The number of non-ortho nitro benzene ring substituents is 2. The Labute approximate surface area is 192 Å². The molecule has 0 saturated heterocycles. The first kappa shape index (κ1) is 23.6. The second kappa shape index (κ2) is 11.0. The first-order valence-corrected chi connectivity index (χ1v) is 9.83. The summed E-state index contributed by atoms with van der Waals surface area (Å²) in [4.78, 5) is 48.7. The quantitative estimate of drug-likeness (QED) is 0.290.